The molecular formula is C17H23FN2. The molecule has 0 saturated carbocycles. The third kappa shape index (κ3) is 3.48. The fourth-order valence-electron chi connectivity index (χ4n) is 2.69. The van der Waals surface area contributed by atoms with E-state index in [1.165, 1.54) is 23.0 Å². The van der Waals surface area contributed by atoms with Crippen LogP contribution in [-0.4, -0.2) is 11.1 Å². The van der Waals surface area contributed by atoms with Gasteiger partial charge in [0.1, 0.15) is 5.82 Å². The molecule has 20 heavy (non-hydrogen) atoms. The maximum Gasteiger partial charge on any atom is 0.123 e. The van der Waals surface area contributed by atoms with E-state index in [9.17, 15) is 4.39 Å². The first-order valence-electron chi connectivity index (χ1n) is 7.22. The van der Waals surface area contributed by atoms with Crippen LogP contribution in [0.4, 0.5) is 4.39 Å². The van der Waals surface area contributed by atoms with Crippen molar-refractivity contribution in [3.8, 4) is 0 Å². The molecule has 0 fully saturated rings. The van der Waals surface area contributed by atoms with Gasteiger partial charge in [-0.05, 0) is 63.1 Å². The first kappa shape index (κ1) is 14.8. The predicted octanol–water partition coefficient (Wildman–Crippen LogP) is 3.60. The summed E-state index contributed by atoms with van der Waals surface area (Å²) in [6.45, 7) is 9.23. The van der Waals surface area contributed by atoms with Gasteiger partial charge in [0.05, 0.1) is 0 Å². The third-order valence-electron chi connectivity index (χ3n) is 3.79. The van der Waals surface area contributed by atoms with Crippen LogP contribution in [0.25, 0.3) is 0 Å². The number of hydrogen-bond donors (Lipinski definition) is 1. The van der Waals surface area contributed by atoms with Crippen molar-refractivity contribution in [1.29, 1.82) is 0 Å². The Labute approximate surface area is 120 Å². The predicted molar refractivity (Wildman–Crippen MR) is 81.4 cm³/mol. The van der Waals surface area contributed by atoms with E-state index in [1.807, 2.05) is 6.07 Å². The summed E-state index contributed by atoms with van der Waals surface area (Å²) in [5, 5.41) is 3.44. The number of aromatic nitrogens is 1. The molecule has 2 rings (SSSR count). The molecule has 0 amide bonds. The zero-order valence-electron chi connectivity index (χ0n) is 12.5. The maximum absolute atomic E-state index is 13.1. The quantitative estimate of drug-likeness (QED) is 0.796. The average molecular weight is 274 g/mol. The highest BCUT2D eigenvalue weighted by Crippen LogP contribution is 2.14. The maximum atomic E-state index is 13.1. The van der Waals surface area contributed by atoms with Gasteiger partial charge in [-0.3, -0.25) is 0 Å². The van der Waals surface area contributed by atoms with E-state index in [0.29, 0.717) is 0 Å². The zero-order chi connectivity index (χ0) is 14.5. The van der Waals surface area contributed by atoms with Crippen molar-refractivity contribution in [2.24, 2.45) is 0 Å². The highest BCUT2D eigenvalue weighted by atomic mass is 19.1. The molecular weight excluding hydrogens is 251 g/mol. The van der Waals surface area contributed by atoms with Crippen molar-refractivity contribution in [3.63, 3.8) is 0 Å². The van der Waals surface area contributed by atoms with Crippen LogP contribution in [0.5, 0.6) is 0 Å². The molecule has 2 aromatic rings. The van der Waals surface area contributed by atoms with Crippen LogP contribution in [0.2, 0.25) is 0 Å². The molecule has 1 aromatic carbocycles. The molecule has 0 aliphatic rings. The molecule has 0 saturated heterocycles. The van der Waals surface area contributed by atoms with Gasteiger partial charge in [-0.15, -0.1) is 0 Å². The number of halogens is 1. The lowest BCUT2D eigenvalue weighted by molar-refractivity contribution is 0.622. The highest BCUT2D eigenvalue weighted by molar-refractivity contribution is 5.26. The second-order valence-electron chi connectivity index (χ2n) is 5.20. The lowest BCUT2D eigenvalue weighted by atomic mass is 10.1. The molecule has 0 spiro atoms. The molecule has 1 heterocycles. The Morgan fingerprint density at radius 1 is 1.20 bits per heavy atom. The second-order valence-corrected chi connectivity index (χ2v) is 5.20. The summed E-state index contributed by atoms with van der Waals surface area (Å²) in [5.41, 5.74) is 5.04. The SMILES string of the molecule is CCn1c(C)cc(CNCCc2cccc(F)c2)c1C. The monoisotopic (exact) mass is 274 g/mol. The first-order chi connectivity index (χ1) is 9.61. The molecule has 3 heteroatoms. The van der Waals surface area contributed by atoms with Crippen molar-refractivity contribution in [1.82, 2.24) is 9.88 Å². The molecule has 0 atom stereocenters. The summed E-state index contributed by atoms with van der Waals surface area (Å²) in [4.78, 5) is 0. The standard InChI is InChI=1S/C17H23FN2/c1-4-20-13(2)10-16(14(20)3)12-19-9-8-15-6-5-7-17(18)11-15/h5-7,10-11,19H,4,8-9,12H2,1-3H3. The Kier molecular flexibility index (Phi) is 4.96. The van der Waals surface area contributed by atoms with Gasteiger partial charge < -0.3 is 9.88 Å². The Morgan fingerprint density at radius 2 is 2.00 bits per heavy atom. The lowest BCUT2D eigenvalue weighted by Gasteiger charge is -2.07. The number of nitrogens with zero attached hydrogens (tertiary/aromatic N) is 1. The van der Waals surface area contributed by atoms with Crippen molar-refractivity contribution in [2.75, 3.05) is 6.54 Å². The van der Waals surface area contributed by atoms with Crippen LogP contribution in [0.3, 0.4) is 0 Å². The fraction of sp³-hybridized carbons (Fsp3) is 0.412. The van der Waals surface area contributed by atoms with Crippen LogP contribution in [-0.2, 0) is 19.5 Å². The molecule has 2 nitrogen and oxygen atoms in total. The van der Waals surface area contributed by atoms with E-state index in [2.05, 4.69) is 36.7 Å². The number of aryl methyl sites for hydroxylation is 1. The van der Waals surface area contributed by atoms with Gasteiger partial charge in [-0.25, -0.2) is 4.39 Å². The van der Waals surface area contributed by atoms with Crippen LogP contribution >= 0.6 is 0 Å². The van der Waals surface area contributed by atoms with Gasteiger partial charge in [-0.2, -0.15) is 0 Å². The topological polar surface area (TPSA) is 17.0 Å². The third-order valence-corrected chi connectivity index (χ3v) is 3.79. The van der Waals surface area contributed by atoms with Gasteiger partial charge in [0.2, 0.25) is 0 Å². The first-order valence-corrected chi connectivity index (χ1v) is 7.22. The molecule has 0 aliphatic heterocycles. The summed E-state index contributed by atoms with van der Waals surface area (Å²) in [6.07, 6.45) is 0.851. The molecule has 1 N–H and O–H groups in total. The highest BCUT2D eigenvalue weighted by Gasteiger charge is 2.06. The smallest absolute Gasteiger partial charge is 0.123 e. The Morgan fingerprint density at radius 3 is 2.65 bits per heavy atom. The minimum Gasteiger partial charge on any atom is -0.349 e. The van der Waals surface area contributed by atoms with Crippen molar-refractivity contribution in [2.45, 2.75) is 40.3 Å². The fourth-order valence-corrected chi connectivity index (χ4v) is 2.69. The molecule has 0 aliphatic carbocycles. The van der Waals surface area contributed by atoms with Gasteiger partial charge in [0.25, 0.3) is 0 Å². The van der Waals surface area contributed by atoms with Gasteiger partial charge in [0, 0.05) is 24.5 Å². The lowest BCUT2D eigenvalue weighted by Crippen LogP contribution is -2.17. The summed E-state index contributed by atoms with van der Waals surface area (Å²) < 4.78 is 15.4. The number of nitrogens with one attached hydrogen (secondary N) is 1. The van der Waals surface area contributed by atoms with Gasteiger partial charge in [-0.1, -0.05) is 12.1 Å². The van der Waals surface area contributed by atoms with Gasteiger partial charge in [0.15, 0.2) is 0 Å². The van der Waals surface area contributed by atoms with E-state index in [1.54, 1.807) is 12.1 Å². The second kappa shape index (κ2) is 6.71. The van der Waals surface area contributed by atoms with E-state index < -0.39 is 0 Å². The van der Waals surface area contributed by atoms with Crippen molar-refractivity contribution < 1.29 is 4.39 Å². The average Bonchev–Trinajstić information content (AvgIpc) is 2.69. The number of rotatable bonds is 6. The summed E-state index contributed by atoms with van der Waals surface area (Å²) in [5.74, 6) is -0.158. The largest absolute Gasteiger partial charge is 0.349 e. The summed E-state index contributed by atoms with van der Waals surface area (Å²) in [6, 6.07) is 9.06. The number of hydrogen-bond acceptors (Lipinski definition) is 1. The van der Waals surface area contributed by atoms with Crippen LogP contribution < -0.4 is 5.32 Å². The van der Waals surface area contributed by atoms with Crippen molar-refractivity contribution >= 4 is 0 Å². The van der Waals surface area contributed by atoms with Gasteiger partial charge >= 0.3 is 0 Å². The summed E-state index contributed by atoms with van der Waals surface area (Å²) >= 11 is 0. The van der Waals surface area contributed by atoms with E-state index in [-0.39, 0.29) is 5.82 Å². The van der Waals surface area contributed by atoms with Crippen LogP contribution in [0, 0.1) is 19.7 Å². The Balaban J connectivity index is 1.84. The molecule has 1 aromatic heterocycles. The molecule has 0 unspecified atom stereocenters. The van der Waals surface area contributed by atoms with E-state index in [4.69, 9.17) is 0 Å². The molecule has 108 valence electrons. The van der Waals surface area contributed by atoms with E-state index in [0.717, 1.165) is 31.6 Å². The minimum atomic E-state index is -0.158. The Hall–Kier alpha value is -1.61. The number of benzene rings is 1. The van der Waals surface area contributed by atoms with E-state index >= 15 is 0 Å². The van der Waals surface area contributed by atoms with Crippen LogP contribution in [0.15, 0.2) is 30.3 Å². The minimum absolute atomic E-state index is 0.158. The zero-order valence-corrected chi connectivity index (χ0v) is 12.5. The van der Waals surface area contributed by atoms with Crippen LogP contribution in [0.1, 0.15) is 29.4 Å². The molecule has 0 radical (unpaired) electrons. The summed E-state index contributed by atoms with van der Waals surface area (Å²) in [7, 11) is 0. The molecule has 0 bridgehead atoms. The normalized spacial score (nSPS) is 11.0. The Bertz CT molecular complexity index is 572. The van der Waals surface area contributed by atoms with Crippen molar-refractivity contribution in [3.05, 3.63) is 58.7 Å².